The predicted octanol–water partition coefficient (Wildman–Crippen LogP) is 4.47. The highest BCUT2D eigenvalue weighted by atomic mass is 35.5. The van der Waals surface area contributed by atoms with Crippen LogP contribution in [0.15, 0.2) is 67.0 Å². The second-order valence-electron chi connectivity index (χ2n) is 8.46. The molecule has 2 aliphatic rings. The molecule has 3 aromatic rings. The van der Waals surface area contributed by atoms with Crippen LogP contribution >= 0.6 is 11.6 Å². The maximum Gasteiger partial charge on any atom is 0.247 e. The standard InChI is InChI=1S/C25H24ClFN4O/c26-21-3-1-19(2-4-21)20-13-18(14-28-15-20)16-30-11-9-25(10-12-30)24(32)29-17-31(25)23-7-5-22(27)6-8-23/h1-8,13-15H,9-12,16-17H2,(H,29,32). The summed E-state index contributed by atoms with van der Waals surface area (Å²) in [6, 6.07) is 16.3. The number of likely N-dealkylation sites (tertiary alicyclic amines) is 1. The van der Waals surface area contributed by atoms with E-state index in [-0.39, 0.29) is 11.7 Å². The van der Waals surface area contributed by atoms with E-state index in [1.807, 2.05) is 36.7 Å². The Morgan fingerprint density at radius 2 is 1.72 bits per heavy atom. The molecule has 0 saturated carbocycles. The lowest BCUT2D eigenvalue weighted by Gasteiger charge is -2.43. The van der Waals surface area contributed by atoms with Crippen LogP contribution in [-0.4, -0.2) is 41.1 Å². The van der Waals surface area contributed by atoms with E-state index in [1.54, 1.807) is 12.1 Å². The van der Waals surface area contributed by atoms with E-state index in [0.717, 1.165) is 54.9 Å². The number of amides is 1. The first kappa shape index (κ1) is 20.9. The summed E-state index contributed by atoms with van der Waals surface area (Å²) in [7, 11) is 0. The van der Waals surface area contributed by atoms with Gasteiger partial charge in [0, 0.05) is 48.3 Å². The molecular weight excluding hydrogens is 427 g/mol. The highest BCUT2D eigenvalue weighted by Gasteiger charge is 2.50. The largest absolute Gasteiger partial charge is 0.339 e. The molecule has 0 atom stereocenters. The number of benzene rings is 2. The number of rotatable bonds is 4. The van der Waals surface area contributed by atoms with Gasteiger partial charge in [-0.25, -0.2) is 4.39 Å². The Bertz CT molecular complexity index is 1110. The Morgan fingerprint density at radius 1 is 1.00 bits per heavy atom. The van der Waals surface area contributed by atoms with E-state index in [1.165, 1.54) is 12.1 Å². The summed E-state index contributed by atoms with van der Waals surface area (Å²) in [6.45, 7) is 2.84. The van der Waals surface area contributed by atoms with Crippen molar-refractivity contribution in [2.45, 2.75) is 24.9 Å². The van der Waals surface area contributed by atoms with E-state index in [2.05, 4.69) is 26.2 Å². The monoisotopic (exact) mass is 450 g/mol. The van der Waals surface area contributed by atoms with Crippen LogP contribution in [-0.2, 0) is 11.3 Å². The fourth-order valence-corrected chi connectivity index (χ4v) is 4.89. The zero-order valence-corrected chi connectivity index (χ0v) is 18.4. The van der Waals surface area contributed by atoms with E-state index in [4.69, 9.17) is 11.6 Å². The van der Waals surface area contributed by atoms with Crippen LogP contribution in [0.5, 0.6) is 0 Å². The minimum atomic E-state index is -0.572. The Hall–Kier alpha value is -2.96. The fraction of sp³-hybridized carbons (Fsp3) is 0.280. The Balaban J connectivity index is 1.28. The average Bonchev–Trinajstić information content (AvgIpc) is 3.12. The van der Waals surface area contributed by atoms with Crippen molar-refractivity contribution in [3.05, 3.63) is 83.4 Å². The summed E-state index contributed by atoms with van der Waals surface area (Å²) < 4.78 is 13.4. The average molecular weight is 451 g/mol. The zero-order chi connectivity index (χ0) is 22.1. The molecule has 32 heavy (non-hydrogen) atoms. The molecule has 0 radical (unpaired) electrons. The molecule has 7 heteroatoms. The van der Waals surface area contributed by atoms with Crippen LogP contribution in [0.25, 0.3) is 11.1 Å². The number of aromatic nitrogens is 1. The molecule has 1 spiro atoms. The number of carbonyl (C=O) groups excluding carboxylic acids is 1. The summed E-state index contributed by atoms with van der Waals surface area (Å²) in [5, 5.41) is 3.71. The summed E-state index contributed by atoms with van der Waals surface area (Å²) in [4.78, 5) is 21.7. The van der Waals surface area contributed by atoms with Gasteiger partial charge in [-0.15, -0.1) is 0 Å². The molecule has 5 nitrogen and oxygen atoms in total. The molecule has 3 heterocycles. The first-order chi connectivity index (χ1) is 15.5. The maximum absolute atomic E-state index is 13.4. The number of nitrogens with one attached hydrogen (secondary N) is 1. The molecule has 2 saturated heterocycles. The third-order valence-electron chi connectivity index (χ3n) is 6.54. The summed E-state index contributed by atoms with van der Waals surface area (Å²) in [6.07, 6.45) is 5.21. The zero-order valence-electron chi connectivity index (χ0n) is 17.6. The van der Waals surface area contributed by atoms with Gasteiger partial charge in [0.15, 0.2) is 0 Å². The van der Waals surface area contributed by atoms with Gasteiger partial charge in [0.1, 0.15) is 11.4 Å². The van der Waals surface area contributed by atoms with Crippen molar-refractivity contribution in [2.75, 3.05) is 24.7 Å². The Labute approximate surface area is 191 Å². The van der Waals surface area contributed by atoms with E-state index >= 15 is 0 Å². The van der Waals surface area contributed by atoms with Gasteiger partial charge in [-0.1, -0.05) is 23.7 Å². The first-order valence-corrected chi connectivity index (χ1v) is 11.2. The first-order valence-electron chi connectivity index (χ1n) is 10.8. The number of hydrogen-bond acceptors (Lipinski definition) is 4. The van der Waals surface area contributed by atoms with E-state index < -0.39 is 5.54 Å². The van der Waals surface area contributed by atoms with Crippen molar-refractivity contribution in [1.82, 2.24) is 15.2 Å². The second kappa shape index (κ2) is 8.52. The van der Waals surface area contributed by atoms with Crippen molar-refractivity contribution < 1.29 is 9.18 Å². The van der Waals surface area contributed by atoms with Crippen LogP contribution in [0.4, 0.5) is 10.1 Å². The molecule has 2 aliphatic heterocycles. The number of anilines is 1. The summed E-state index contributed by atoms with van der Waals surface area (Å²) in [5.41, 5.74) is 3.58. The highest BCUT2D eigenvalue weighted by molar-refractivity contribution is 6.30. The predicted molar refractivity (Wildman–Crippen MR) is 124 cm³/mol. The van der Waals surface area contributed by atoms with Gasteiger partial charge >= 0.3 is 0 Å². The quantitative estimate of drug-likeness (QED) is 0.637. The van der Waals surface area contributed by atoms with Gasteiger partial charge in [0.05, 0.1) is 6.67 Å². The Morgan fingerprint density at radius 3 is 2.44 bits per heavy atom. The van der Waals surface area contributed by atoms with Crippen LogP contribution in [0.2, 0.25) is 5.02 Å². The van der Waals surface area contributed by atoms with Crippen LogP contribution in [0.3, 0.4) is 0 Å². The molecule has 1 N–H and O–H groups in total. The van der Waals surface area contributed by atoms with Gasteiger partial charge in [0.25, 0.3) is 0 Å². The second-order valence-corrected chi connectivity index (χ2v) is 8.90. The molecule has 2 fully saturated rings. The fourth-order valence-electron chi connectivity index (χ4n) is 4.76. The lowest BCUT2D eigenvalue weighted by molar-refractivity contribution is -0.125. The van der Waals surface area contributed by atoms with Gasteiger partial charge < -0.3 is 10.2 Å². The Kier molecular flexibility index (Phi) is 5.57. The molecule has 0 bridgehead atoms. The molecule has 164 valence electrons. The van der Waals surface area contributed by atoms with Crippen molar-refractivity contribution in [2.24, 2.45) is 0 Å². The molecule has 1 amide bonds. The normalized spacial score (nSPS) is 18.2. The molecular formula is C25H24ClFN4O. The molecule has 0 unspecified atom stereocenters. The lowest BCUT2D eigenvalue weighted by Crippen LogP contribution is -2.56. The SMILES string of the molecule is O=C1NCN(c2ccc(F)cc2)C12CCN(Cc1cncc(-c3ccc(Cl)cc3)c1)CC2. The van der Waals surface area contributed by atoms with Gasteiger partial charge in [-0.05, 0) is 66.4 Å². The number of carbonyl (C=O) groups is 1. The molecule has 2 aromatic carbocycles. The number of piperidine rings is 1. The number of pyridine rings is 1. The topological polar surface area (TPSA) is 48.5 Å². The molecule has 5 rings (SSSR count). The van der Waals surface area contributed by atoms with Gasteiger partial charge in [0.2, 0.25) is 5.91 Å². The minimum absolute atomic E-state index is 0.0628. The highest BCUT2D eigenvalue weighted by Crippen LogP contribution is 2.36. The van der Waals surface area contributed by atoms with Crippen LogP contribution in [0.1, 0.15) is 18.4 Å². The molecule has 0 aliphatic carbocycles. The van der Waals surface area contributed by atoms with Gasteiger partial charge in [-0.3, -0.25) is 14.7 Å². The number of hydrogen-bond donors (Lipinski definition) is 1. The van der Waals surface area contributed by atoms with Crippen LogP contribution in [0, 0.1) is 5.82 Å². The summed E-state index contributed by atoms with van der Waals surface area (Å²) in [5.74, 6) is -0.210. The van der Waals surface area contributed by atoms with Crippen molar-refractivity contribution >= 4 is 23.2 Å². The third kappa shape index (κ3) is 3.96. The van der Waals surface area contributed by atoms with E-state index in [9.17, 15) is 9.18 Å². The molecule has 1 aromatic heterocycles. The van der Waals surface area contributed by atoms with Crippen molar-refractivity contribution in [3.63, 3.8) is 0 Å². The lowest BCUT2D eigenvalue weighted by atomic mass is 9.85. The smallest absolute Gasteiger partial charge is 0.247 e. The van der Waals surface area contributed by atoms with Gasteiger partial charge in [-0.2, -0.15) is 0 Å². The van der Waals surface area contributed by atoms with Crippen molar-refractivity contribution in [3.8, 4) is 11.1 Å². The maximum atomic E-state index is 13.4. The van der Waals surface area contributed by atoms with Crippen LogP contribution < -0.4 is 10.2 Å². The number of halogens is 2. The number of nitrogens with zero attached hydrogens (tertiary/aromatic N) is 3. The van der Waals surface area contributed by atoms with Crippen molar-refractivity contribution in [1.29, 1.82) is 0 Å². The third-order valence-corrected chi connectivity index (χ3v) is 6.79. The van der Waals surface area contributed by atoms with E-state index in [0.29, 0.717) is 11.7 Å². The summed E-state index contributed by atoms with van der Waals surface area (Å²) >= 11 is 6.01. The minimum Gasteiger partial charge on any atom is -0.339 e.